The second kappa shape index (κ2) is 16.2. The van der Waals surface area contributed by atoms with Crippen molar-refractivity contribution in [3.05, 3.63) is 117 Å². The maximum Gasteiger partial charge on any atom is 0.269 e. The summed E-state index contributed by atoms with van der Waals surface area (Å²) in [6, 6.07) is 19.7. The molecule has 0 radical (unpaired) electrons. The third-order valence-corrected chi connectivity index (χ3v) is 8.41. The molecule has 0 unspecified atom stereocenters. The number of hydrogen-bond acceptors (Lipinski definition) is 8. The minimum Gasteiger partial charge on any atom is -0.487 e. The molecule has 11 nitrogen and oxygen atoms in total. The number of nitrogens with one attached hydrogen (secondary N) is 2. The van der Waals surface area contributed by atoms with Gasteiger partial charge in [0.15, 0.2) is 0 Å². The molecule has 5 rings (SSSR count). The van der Waals surface area contributed by atoms with Crippen LogP contribution in [-0.2, 0) is 29.2 Å². The van der Waals surface area contributed by atoms with E-state index in [1.807, 2.05) is 43.3 Å². The molecule has 0 atom stereocenters. The number of benzene rings is 2. The van der Waals surface area contributed by atoms with Crippen LogP contribution in [0.15, 0.2) is 79.1 Å². The van der Waals surface area contributed by atoms with Crippen LogP contribution in [0.1, 0.15) is 39.4 Å². The smallest absolute Gasteiger partial charge is 0.269 e. The zero-order chi connectivity index (χ0) is 34.9. The van der Waals surface area contributed by atoms with Crippen LogP contribution in [0, 0.1) is 6.92 Å². The lowest BCUT2D eigenvalue weighted by Crippen LogP contribution is -2.38. The number of amides is 3. The predicted octanol–water partition coefficient (Wildman–Crippen LogP) is 5.87. The van der Waals surface area contributed by atoms with Crippen LogP contribution in [0.4, 0.5) is 5.69 Å². The molecule has 0 spiro atoms. The number of para-hydroxylation sites is 1. The van der Waals surface area contributed by atoms with E-state index in [2.05, 4.69) is 20.6 Å². The third kappa shape index (κ3) is 8.81. The van der Waals surface area contributed by atoms with E-state index in [4.69, 9.17) is 37.7 Å². The van der Waals surface area contributed by atoms with Gasteiger partial charge in [0.2, 0.25) is 11.8 Å². The zero-order valence-corrected chi connectivity index (χ0v) is 28.6. The largest absolute Gasteiger partial charge is 0.487 e. The van der Waals surface area contributed by atoms with Crippen molar-refractivity contribution in [2.45, 2.75) is 33.0 Å². The Morgan fingerprint density at radius 2 is 1.73 bits per heavy atom. The summed E-state index contributed by atoms with van der Waals surface area (Å²) in [5.74, 6) is 0.178. The molecular weight excluding hydrogens is 667 g/mol. The zero-order valence-electron chi connectivity index (χ0n) is 27.1. The summed E-state index contributed by atoms with van der Waals surface area (Å²) in [6.07, 6.45) is 3.81. The van der Waals surface area contributed by atoms with Gasteiger partial charge < -0.3 is 25.0 Å². The van der Waals surface area contributed by atoms with Gasteiger partial charge in [-0.3, -0.25) is 24.4 Å². The first-order valence-electron chi connectivity index (χ1n) is 15.4. The lowest BCUT2D eigenvalue weighted by atomic mass is 10.1. The molecule has 0 saturated carbocycles. The molecule has 2 aromatic carbocycles. The Hall–Kier alpha value is -5.26. The van der Waals surface area contributed by atoms with Crippen molar-refractivity contribution in [2.24, 2.45) is 0 Å². The summed E-state index contributed by atoms with van der Waals surface area (Å²) in [4.78, 5) is 51.7. The molecular formula is C36H34Cl2N6O5. The van der Waals surface area contributed by atoms with E-state index in [1.165, 1.54) is 11.9 Å². The minimum atomic E-state index is -0.381. The molecule has 13 heteroatoms. The SMILES string of the molecule is CNC(=O)c1ccc(CCC(=O)NCC(=O)N(C)c2ccc(Cl)c(COc3cccc4c(OCc5ccccn5)cc(C)nc34)c2Cl)cn1. The number of ether oxygens (including phenoxy) is 2. The number of carbonyl (C=O) groups excluding carboxylic acids is 3. The number of aryl methyl sites for hydroxylation is 2. The van der Waals surface area contributed by atoms with E-state index in [0.29, 0.717) is 46.3 Å². The molecule has 0 bridgehead atoms. The number of fused-ring (bicyclic) bond motifs is 1. The van der Waals surface area contributed by atoms with Gasteiger partial charge in [-0.05, 0) is 61.4 Å². The van der Waals surface area contributed by atoms with Gasteiger partial charge in [0.25, 0.3) is 5.91 Å². The molecule has 2 N–H and O–H groups in total. The predicted molar refractivity (Wildman–Crippen MR) is 188 cm³/mol. The number of aromatic nitrogens is 3. The summed E-state index contributed by atoms with van der Waals surface area (Å²) >= 11 is 13.3. The molecule has 0 aliphatic heterocycles. The van der Waals surface area contributed by atoms with Crippen LogP contribution in [0.2, 0.25) is 10.0 Å². The number of hydrogen-bond donors (Lipinski definition) is 2. The fraction of sp³-hybridized carbons (Fsp3) is 0.222. The molecule has 3 aromatic heterocycles. The fourth-order valence-corrected chi connectivity index (χ4v) is 5.52. The quantitative estimate of drug-likeness (QED) is 0.156. The Bertz CT molecular complexity index is 1980. The molecule has 3 heterocycles. The Balaban J connectivity index is 1.21. The molecule has 0 aliphatic rings. The maximum absolute atomic E-state index is 13.1. The van der Waals surface area contributed by atoms with Crippen LogP contribution in [0.25, 0.3) is 10.9 Å². The molecule has 3 amide bonds. The number of halogens is 2. The summed E-state index contributed by atoms with van der Waals surface area (Å²) in [6.45, 7) is 1.94. The molecule has 0 fully saturated rings. The van der Waals surface area contributed by atoms with Gasteiger partial charge >= 0.3 is 0 Å². The summed E-state index contributed by atoms with van der Waals surface area (Å²) in [5.41, 5.74) is 4.13. The highest BCUT2D eigenvalue weighted by molar-refractivity contribution is 6.38. The summed E-state index contributed by atoms with van der Waals surface area (Å²) in [7, 11) is 3.09. The van der Waals surface area contributed by atoms with Crippen molar-refractivity contribution >= 4 is 57.5 Å². The number of rotatable bonds is 13. The van der Waals surface area contributed by atoms with E-state index >= 15 is 0 Å². The van der Waals surface area contributed by atoms with Crippen molar-refractivity contribution in [3.8, 4) is 11.5 Å². The van der Waals surface area contributed by atoms with Crippen molar-refractivity contribution in [2.75, 3.05) is 25.5 Å². The van der Waals surface area contributed by atoms with E-state index < -0.39 is 0 Å². The van der Waals surface area contributed by atoms with Gasteiger partial charge in [0.05, 0.1) is 22.9 Å². The number of likely N-dealkylation sites (N-methyl/N-ethyl adjacent to an activating group) is 1. The van der Waals surface area contributed by atoms with Crippen molar-refractivity contribution in [1.29, 1.82) is 0 Å². The second-order valence-corrected chi connectivity index (χ2v) is 11.8. The Labute approximate surface area is 293 Å². The third-order valence-electron chi connectivity index (χ3n) is 7.63. The van der Waals surface area contributed by atoms with Gasteiger partial charge in [-0.2, -0.15) is 0 Å². The standard InChI is InChI=1S/C36H34Cl2N6O5/c1-22-17-31(48-20-24-7-4-5-16-40-24)25-8-6-9-30(35(25)43-22)49-21-26-27(37)12-14-29(34(26)38)44(3)33(46)19-42-32(45)15-11-23-10-13-28(41-18-23)36(47)39-2/h4-10,12-14,16-18H,11,15,19-21H2,1-3H3,(H,39,47)(H,42,45). The van der Waals surface area contributed by atoms with Crippen molar-refractivity contribution in [3.63, 3.8) is 0 Å². The maximum atomic E-state index is 13.1. The van der Waals surface area contributed by atoms with E-state index in [0.717, 1.165) is 22.3 Å². The van der Waals surface area contributed by atoms with Crippen LogP contribution in [0.3, 0.4) is 0 Å². The van der Waals surface area contributed by atoms with Crippen LogP contribution < -0.4 is 25.0 Å². The van der Waals surface area contributed by atoms with E-state index in [9.17, 15) is 14.4 Å². The first-order chi connectivity index (χ1) is 23.6. The van der Waals surface area contributed by atoms with Crippen LogP contribution >= 0.6 is 23.2 Å². The number of nitrogens with zero attached hydrogens (tertiary/aromatic N) is 4. The molecule has 252 valence electrons. The van der Waals surface area contributed by atoms with Gasteiger partial charge in [-0.15, -0.1) is 0 Å². The highest BCUT2D eigenvalue weighted by Gasteiger charge is 2.20. The number of carbonyl (C=O) groups is 3. The van der Waals surface area contributed by atoms with Gasteiger partial charge in [-0.1, -0.05) is 41.4 Å². The van der Waals surface area contributed by atoms with E-state index in [1.54, 1.807) is 49.8 Å². The first kappa shape index (κ1) is 35.1. The topological polar surface area (TPSA) is 136 Å². The second-order valence-electron chi connectivity index (χ2n) is 11.0. The normalized spacial score (nSPS) is 10.8. The average Bonchev–Trinajstić information content (AvgIpc) is 3.12. The van der Waals surface area contributed by atoms with Gasteiger partial charge in [0, 0.05) is 60.6 Å². The number of pyridine rings is 3. The van der Waals surface area contributed by atoms with Gasteiger partial charge in [0.1, 0.15) is 35.9 Å². The summed E-state index contributed by atoms with van der Waals surface area (Å²) in [5, 5.41) is 6.54. The molecule has 49 heavy (non-hydrogen) atoms. The van der Waals surface area contributed by atoms with Crippen LogP contribution in [-0.4, -0.2) is 53.3 Å². The van der Waals surface area contributed by atoms with Crippen molar-refractivity contribution < 1.29 is 23.9 Å². The Kier molecular flexibility index (Phi) is 11.6. The Morgan fingerprint density at radius 3 is 2.47 bits per heavy atom. The lowest BCUT2D eigenvalue weighted by Gasteiger charge is -2.21. The Morgan fingerprint density at radius 1 is 0.918 bits per heavy atom. The fourth-order valence-electron chi connectivity index (χ4n) is 4.92. The molecule has 0 aliphatic carbocycles. The average molecular weight is 702 g/mol. The molecule has 0 saturated heterocycles. The van der Waals surface area contributed by atoms with E-state index in [-0.39, 0.29) is 48.0 Å². The first-order valence-corrected chi connectivity index (χ1v) is 16.1. The monoisotopic (exact) mass is 700 g/mol. The molecule has 5 aromatic rings. The van der Waals surface area contributed by atoms with Gasteiger partial charge in [-0.25, -0.2) is 4.98 Å². The lowest BCUT2D eigenvalue weighted by molar-refractivity contribution is -0.124. The minimum absolute atomic E-state index is 0.00207. The van der Waals surface area contributed by atoms with Crippen LogP contribution in [0.5, 0.6) is 11.5 Å². The van der Waals surface area contributed by atoms with Crippen molar-refractivity contribution in [1.82, 2.24) is 25.6 Å². The number of anilines is 1. The highest BCUT2D eigenvalue weighted by atomic mass is 35.5. The summed E-state index contributed by atoms with van der Waals surface area (Å²) < 4.78 is 12.3. The highest BCUT2D eigenvalue weighted by Crippen LogP contribution is 2.36.